The van der Waals surface area contributed by atoms with Gasteiger partial charge in [0.15, 0.2) is 17.3 Å². The van der Waals surface area contributed by atoms with Crippen LogP contribution in [0.2, 0.25) is 0 Å². The molecule has 198 valence electrons. The van der Waals surface area contributed by atoms with Crippen molar-refractivity contribution in [3.8, 4) is 0 Å². The minimum absolute atomic E-state index is 0.131. The van der Waals surface area contributed by atoms with Crippen molar-refractivity contribution in [1.29, 1.82) is 0 Å². The lowest BCUT2D eigenvalue weighted by Gasteiger charge is -2.32. The van der Waals surface area contributed by atoms with Crippen molar-refractivity contribution in [1.82, 2.24) is 4.90 Å². The smallest absolute Gasteiger partial charge is 0.240 e. The van der Waals surface area contributed by atoms with E-state index in [1.54, 1.807) is 96.0 Å². The first-order chi connectivity index (χ1) is 19.3. The van der Waals surface area contributed by atoms with E-state index in [1.165, 1.54) is 6.92 Å². The highest BCUT2D eigenvalue weighted by Gasteiger charge is 2.63. The fourth-order valence-corrected chi connectivity index (χ4v) is 6.10. The van der Waals surface area contributed by atoms with Crippen LogP contribution in [0.25, 0.3) is 0 Å². The fourth-order valence-electron chi connectivity index (χ4n) is 5.84. The number of rotatable bonds is 6. The molecule has 7 nitrogen and oxygen atoms in total. The van der Waals surface area contributed by atoms with Crippen LogP contribution in [-0.4, -0.2) is 46.1 Å². The van der Waals surface area contributed by atoms with Gasteiger partial charge >= 0.3 is 0 Å². The molecule has 6 rings (SSSR count). The molecular formula is C32H23BrN2O5. The number of imide groups is 1. The minimum atomic E-state index is -0.951. The number of hydrogen-bond donors (Lipinski definition) is 0. The largest absolute Gasteiger partial charge is 0.359 e. The molecule has 0 unspecified atom stereocenters. The van der Waals surface area contributed by atoms with E-state index in [1.807, 2.05) is 6.07 Å². The van der Waals surface area contributed by atoms with Crippen LogP contribution in [0.3, 0.4) is 0 Å². The van der Waals surface area contributed by atoms with Crippen LogP contribution in [0.15, 0.2) is 107 Å². The number of benzene rings is 3. The Hall–Kier alpha value is -4.43. The number of ketones is 3. The average Bonchev–Trinajstić information content (AvgIpc) is 3.44. The summed E-state index contributed by atoms with van der Waals surface area (Å²) >= 11 is 3.38. The summed E-state index contributed by atoms with van der Waals surface area (Å²) in [6, 6.07) is 20.4. The van der Waals surface area contributed by atoms with Crippen molar-refractivity contribution < 1.29 is 24.0 Å². The first-order valence-electron chi connectivity index (χ1n) is 12.8. The standard InChI is InChI=1S/C32H23BrN2O5/c1-18(36)19-9-13-24(14-10-19)35-31(39)26-25-17-22(29(37)20-5-3-2-4-6-20)15-16-34(25)28(27(26)32(35)40)30(38)21-7-11-23(33)12-8-21/h2-17,25-28H,1H3/t25-,26-,27-,28+/m1/s1. The Kier molecular flexibility index (Phi) is 6.43. The van der Waals surface area contributed by atoms with Crippen molar-refractivity contribution in [2.24, 2.45) is 11.8 Å². The summed E-state index contributed by atoms with van der Waals surface area (Å²) in [4.78, 5) is 69.6. The van der Waals surface area contributed by atoms with E-state index in [0.717, 1.165) is 9.37 Å². The molecule has 0 N–H and O–H groups in total. The maximum Gasteiger partial charge on any atom is 0.240 e. The number of fused-ring (bicyclic) bond motifs is 3. The van der Waals surface area contributed by atoms with Crippen LogP contribution in [0.1, 0.15) is 38.0 Å². The van der Waals surface area contributed by atoms with Gasteiger partial charge in [-0.2, -0.15) is 0 Å². The van der Waals surface area contributed by atoms with E-state index in [9.17, 15) is 24.0 Å². The molecule has 3 heterocycles. The third kappa shape index (κ3) is 4.16. The number of amides is 2. The van der Waals surface area contributed by atoms with E-state index in [2.05, 4.69) is 15.9 Å². The van der Waals surface area contributed by atoms with Gasteiger partial charge in [0.25, 0.3) is 0 Å². The Morgan fingerprint density at radius 2 is 1.38 bits per heavy atom. The van der Waals surface area contributed by atoms with E-state index >= 15 is 0 Å². The first-order valence-corrected chi connectivity index (χ1v) is 13.6. The molecule has 0 spiro atoms. The Morgan fingerprint density at radius 3 is 2.02 bits per heavy atom. The zero-order chi connectivity index (χ0) is 28.1. The summed E-state index contributed by atoms with van der Waals surface area (Å²) in [6.45, 7) is 1.44. The second kappa shape index (κ2) is 9.95. The molecule has 0 bridgehead atoms. The molecule has 0 aliphatic carbocycles. The molecule has 40 heavy (non-hydrogen) atoms. The summed E-state index contributed by atoms with van der Waals surface area (Å²) in [5, 5.41) is 0. The maximum atomic E-state index is 13.9. The lowest BCUT2D eigenvalue weighted by Crippen LogP contribution is -2.46. The Labute approximate surface area is 238 Å². The number of carbonyl (C=O) groups is 5. The summed E-state index contributed by atoms with van der Waals surface area (Å²) in [5.41, 5.74) is 2.12. The molecule has 3 aliphatic heterocycles. The number of Topliss-reactive ketones (excluding diaryl/α,β-unsaturated/α-hetero) is 3. The van der Waals surface area contributed by atoms with Gasteiger partial charge in [-0.15, -0.1) is 0 Å². The Bertz CT molecular complexity index is 1630. The number of anilines is 1. The fraction of sp³-hybridized carbons (Fsp3) is 0.156. The van der Waals surface area contributed by atoms with Crippen LogP contribution in [0.5, 0.6) is 0 Å². The number of halogens is 1. The average molecular weight is 595 g/mol. The molecule has 3 aromatic carbocycles. The minimum Gasteiger partial charge on any atom is -0.359 e. The number of carbonyl (C=O) groups excluding carboxylic acids is 5. The topological polar surface area (TPSA) is 91.8 Å². The number of allylic oxidation sites excluding steroid dienone is 2. The Morgan fingerprint density at radius 1 is 0.750 bits per heavy atom. The molecule has 2 saturated heterocycles. The van der Waals surface area contributed by atoms with Crippen LogP contribution in [0.4, 0.5) is 5.69 Å². The van der Waals surface area contributed by atoms with Gasteiger partial charge in [0, 0.05) is 32.9 Å². The third-order valence-electron chi connectivity index (χ3n) is 7.78. The maximum absolute atomic E-state index is 13.9. The highest BCUT2D eigenvalue weighted by atomic mass is 79.9. The Balaban J connectivity index is 1.42. The van der Waals surface area contributed by atoms with Gasteiger partial charge in [0.05, 0.1) is 23.6 Å². The lowest BCUT2D eigenvalue weighted by atomic mass is 9.85. The molecule has 2 fully saturated rings. The van der Waals surface area contributed by atoms with Crippen molar-refractivity contribution in [2.45, 2.75) is 19.0 Å². The summed E-state index contributed by atoms with van der Waals surface area (Å²) in [6.07, 6.45) is 5.00. The quantitative estimate of drug-likeness (QED) is 0.293. The van der Waals surface area contributed by atoms with Crippen molar-refractivity contribution in [2.75, 3.05) is 4.90 Å². The third-order valence-corrected chi connectivity index (χ3v) is 8.30. The van der Waals surface area contributed by atoms with Gasteiger partial charge in [0.1, 0.15) is 6.04 Å². The van der Waals surface area contributed by atoms with Crippen LogP contribution < -0.4 is 4.90 Å². The summed E-state index contributed by atoms with van der Waals surface area (Å²) in [7, 11) is 0. The molecule has 3 aromatic rings. The van der Waals surface area contributed by atoms with Gasteiger partial charge in [-0.25, -0.2) is 4.90 Å². The van der Waals surface area contributed by atoms with Gasteiger partial charge in [0.2, 0.25) is 11.8 Å². The first kappa shape index (κ1) is 25.8. The molecule has 2 amide bonds. The predicted octanol–water partition coefficient (Wildman–Crippen LogP) is 5.03. The van der Waals surface area contributed by atoms with Gasteiger partial charge in [-0.1, -0.05) is 64.5 Å². The highest BCUT2D eigenvalue weighted by Crippen LogP contribution is 2.47. The molecule has 0 aromatic heterocycles. The second-order valence-corrected chi connectivity index (χ2v) is 11.0. The van der Waals surface area contributed by atoms with Crippen molar-refractivity contribution in [3.05, 3.63) is 124 Å². The van der Waals surface area contributed by atoms with Crippen LogP contribution >= 0.6 is 15.9 Å². The van der Waals surface area contributed by atoms with Crippen LogP contribution in [-0.2, 0) is 9.59 Å². The zero-order valence-corrected chi connectivity index (χ0v) is 22.9. The second-order valence-electron chi connectivity index (χ2n) is 10.1. The molecule has 3 aliphatic rings. The SMILES string of the molecule is CC(=O)c1ccc(N2C(=O)[C@@H]3[C@H](C2=O)[C@H]2C=C(C(=O)c4ccccc4)C=CN2[C@@H]3C(=O)c2ccc(Br)cc2)cc1. The van der Waals surface area contributed by atoms with Gasteiger partial charge in [-0.05, 0) is 49.4 Å². The van der Waals surface area contributed by atoms with E-state index in [-0.39, 0.29) is 17.3 Å². The molecule has 0 saturated carbocycles. The summed E-state index contributed by atoms with van der Waals surface area (Å²) < 4.78 is 0.809. The number of nitrogens with zero attached hydrogens (tertiary/aromatic N) is 2. The van der Waals surface area contributed by atoms with E-state index in [4.69, 9.17) is 0 Å². The van der Waals surface area contributed by atoms with Crippen LogP contribution in [0, 0.1) is 11.8 Å². The molecule has 0 radical (unpaired) electrons. The molecule has 8 heteroatoms. The van der Waals surface area contributed by atoms with Gasteiger partial charge < -0.3 is 4.90 Å². The highest BCUT2D eigenvalue weighted by molar-refractivity contribution is 9.10. The summed E-state index contributed by atoms with van der Waals surface area (Å²) in [5.74, 6) is -3.35. The molecule has 4 atom stereocenters. The van der Waals surface area contributed by atoms with E-state index < -0.39 is 35.7 Å². The molecular weight excluding hydrogens is 572 g/mol. The van der Waals surface area contributed by atoms with Gasteiger partial charge in [-0.3, -0.25) is 24.0 Å². The number of hydrogen-bond acceptors (Lipinski definition) is 6. The van der Waals surface area contributed by atoms with Crippen molar-refractivity contribution in [3.63, 3.8) is 0 Å². The van der Waals surface area contributed by atoms with Crippen molar-refractivity contribution >= 4 is 50.8 Å². The predicted molar refractivity (Wildman–Crippen MR) is 152 cm³/mol. The van der Waals surface area contributed by atoms with E-state index in [0.29, 0.717) is 28.0 Å². The normalized spacial score (nSPS) is 23.1. The monoisotopic (exact) mass is 594 g/mol. The lowest BCUT2D eigenvalue weighted by molar-refractivity contribution is -0.123. The zero-order valence-electron chi connectivity index (χ0n) is 21.4.